The molecule has 0 atom stereocenters. The van der Waals surface area contributed by atoms with Crippen molar-refractivity contribution in [3.8, 4) is 0 Å². The summed E-state index contributed by atoms with van der Waals surface area (Å²) in [6.45, 7) is 0.306. The number of para-hydroxylation sites is 1. The molecule has 0 unspecified atom stereocenters. The van der Waals surface area contributed by atoms with Crippen LogP contribution in [0.1, 0.15) is 28.1 Å². The Morgan fingerprint density at radius 2 is 1.85 bits per heavy atom. The molecule has 0 bridgehead atoms. The Morgan fingerprint density at radius 3 is 2.63 bits per heavy atom. The number of carbonyl (C=O) groups excluding carboxylic acids is 2. The zero-order chi connectivity index (χ0) is 19.1. The fourth-order valence-electron chi connectivity index (χ4n) is 2.65. The number of carbonyl (C=O) groups is 2. The second kappa shape index (κ2) is 8.71. The monoisotopic (exact) mass is 363 g/mol. The fourth-order valence-corrected chi connectivity index (χ4v) is 2.65. The van der Waals surface area contributed by atoms with E-state index in [4.69, 9.17) is 10.2 Å². The van der Waals surface area contributed by atoms with Gasteiger partial charge in [0.15, 0.2) is 0 Å². The van der Waals surface area contributed by atoms with Gasteiger partial charge in [-0.3, -0.25) is 9.59 Å². The maximum atomic E-state index is 12.2. The quantitative estimate of drug-likeness (QED) is 0.561. The minimum atomic E-state index is -0.237. The average Bonchev–Trinajstić information content (AvgIpc) is 3.19. The van der Waals surface area contributed by atoms with Gasteiger partial charge >= 0.3 is 0 Å². The van der Waals surface area contributed by atoms with Crippen molar-refractivity contribution in [3.63, 3.8) is 0 Å². The van der Waals surface area contributed by atoms with E-state index in [0.717, 1.165) is 5.56 Å². The first kappa shape index (κ1) is 18.3. The van der Waals surface area contributed by atoms with Crippen molar-refractivity contribution >= 4 is 23.2 Å². The first-order valence-electron chi connectivity index (χ1n) is 8.66. The normalized spacial score (nSPS) is 10.4. The first-order chi connectivity index (χ1) is 13.1. The highest BCUT2D eigenvalue weighted by atomic mass is 16.3. The number of nitrogens with two attached hydrogens (primary N) is 1. The Kier molecular flexibility index (Phi) is 5.89. The van der Waals surface area contributed by atoms with E-state index in [-0.39, 0.29) is 11.8 Å². The van der Waals surface area contributed by atoms with Crippen molar-refractivity contribution in [2.45, 2.75) is 19.4 Å². The lowest BCUT2D eigenvalue weighted by Gasteiger charge is -2.09. The Labute approximate surface area is 157 Å². The van der Waals surface area contributed by atoms with Crippen LogP contribution in [0.2, 0.25) is 0 Å². The van der Waals surface area contributed by atoms with Crippen LogP contribution in [0.3, 0.4) is 0 Å². The Balaban J connectivity index is 1.54. The highest BCUT2D eigenvalue weighted by Crippen LogP contribution is 2.15. The van der Waals surface area contributed by atoms with E-state index in [1.54, 1.807) is 42.7 Å². The van der Waals surface area contributed by atoms with Gasteiger partial charge < -0.3 is 20.8 Å². The second-order valence-corrected chi connectivity index (χ2v) is 6.09. The zero-order valence-electron chi connectivity index (χ0n) is 14.8. The molecular formula is C21H21N3O3. The van der Waals surface area contributed by atoms with Crippen molar-refractivity contribution in [2.75, 3.05) is 11.1 Å². The summed E-state index contributed by atoms with van der Waals surface area (Å²) >= 11 is 0. The summed E-state index contributed by atoms with van der Waals surface area (Å²) in [5.41, 5.74) is 8.56. The van der Waals surface area contributed by atoms with E-state index in [0.29, 0.717) is 42.1 Å². The molecule has 1 aromatic heterocycles. The summed E-state index contributed by atoms with van der Waals surface area (Å²) in [5.74, 6) is 0.305. The lowest BCUT2D eigenvalue weighted by Crippen LogP contribution is -2.22. The van der Waals surface area contributed by atoms with Crippen LogP contribution in [0, 0.1) is 0 Å². The van der Waals surface area contributed by atoms with E-state index in [9.17, 15) is 9.59 Å². The van der Waals surface area contributed by atoms with Gasteiger partial charge in [-0.2, -0.15) is 0 Å². The van der Waals surface area contributed by atoms with Crippen LogP contribution in [-0.4, -0.2) is 11.8 Å². The maximum absolute atomic E-state index is 12.2. The number of aryl methyl sites for hydroxylation is 1. The van der Waals surface area contributed by atoms with Gasteiger partial charge in [-0.25, -0.2) is 0 Å². The lowest BCUT2D eigenvalue weighted by atomic mass is 10.1. The summed E-state index contributed by atoms with van der Waals surface area (Å²) in [4.78, 5) is 24.4. The van der Waals surface area contributed by atoms with Gasteiger partial charge in [0.05, 0.1) is 12.8 Å². The van der Waals surface area contributed by atoms with E-state index >= 15 is 0 Å². The molecule has 3 rings (SSSR count). The van der Waals surface area contributed by atoms with Crippen molar-refractivity contribution in [3.05, 3.63) is 83.8 Å². The number of nitrogens with one attached hydrogen (secondary N) is 2. The van der Waals surface area contributed by atoms with Crippen LogP contribution in [0.4, 0.5) is 11.4 Å². The molecule has 2 amide bonds. The molecule has 1 heterocycles. The van der Waals surface area contributed by atoms with Crippen LogP contribution in [0.5, 0.6) is 0 Å². The predicted molar refractivity (Wildman–Crippen MR) is 104 cm³/mol. The van der Waals surface area contributed by atoms with Crippen LogP contribution < -0.4 is 16.4 Å². The Morgan fingerprint density at radius 1 is 1.00 bits per heavy atom. The number of furan rings is 1. The number of amides is 2. The highest BCUT2D eigenvalue weighted by Gasteiger charge is 2.09. The Hall–Kier alpha value is -3.54. The van der Waals surface area contributed by atoms with Crippen LogP contribution in [0.25, 0.3) is 0 Å². The fraction of sp³-hybridized carbons (Fsp3) is 0.143. The third-order valence-corrected chi connectivity index (χ3v) is 4.09. The van der Waals surface area contributed by atoms with E-state index in [1.165, 1.54) is 0 Å². The van der Waals surface area contributed by atoms with E-state index in [2.05, 4.69) is 10.6 Å². The third kappa shape index (κ3) is 5.22. The van der Waals surface area contributed by atoms with Gasteiger partial charge in [-0.15, -0.1) is 0 Å². The minimum Gasteiger partial charge on any atom is -0.467 e. The van der Waals surface area contributed by atoms with Crippen molar-refractivity contribution in [1.29, 1.82) is 0 Å². The zero-order valence-corrected chi connectivity index (χ0v) is 14.8. The van der Waals surface area contributed by atoms with Crippen LogP contribution in [-0.2, 0) is 17.8 Å². The molecule has 0 fully saturated rings. The standard InChI is InChI=1S/C21H21N3O3/c22-19-9-2-1-5-15(19)10-11-20(25)24-17-7-3-6-16(13-17)21(26)23-14-18-8-4-12-27-18/h1-9,12-13H,10-11,14,22H2,(H,23,26)(H,24,25). The number of anilines is 2. The molecule has 0 radical (unpaired) electrons. The number of benzene rings is 2. The molecule has 0 aliphatic heterocycles. The molecule has 6 nitrogen and oxygen atoms in total. The molecule has 27 heavy (non-hydrogen) atoms. The molecule has 0 saturated carbocycles. The second-order valence-electron chi connectivity index (χ2n) is 6.09. The number of hydrogen-bond acceptors (Lipinski definition) is 4. The van der Waals surface area contributed by atoms with Crippen molar-refractivity contribution in [1.82, 2.24) is 5.32 Å². The average molecular weight is 363 g/mol. The van der Waals surface area contributed by atoms with E-state index < -0.39 is 0 Å². The molecule has 138 valence electrons. The third-order valence-electron chi connectivity index (χ3n) is 4.09. The number of rotatable bonds is 7. The SMILES string of the molecule is Nc1ccccc1CCC(=O)Nc1cccc(C(=O)NCc2ccco2)c1. The first-order valence-corrected chi connectivity index (χ1v) is 8.66. The molecule has 6 heteroatoms. The smallest absolute Gasteiger partial charge is 0.251 e. The van der Waals surface area contributed by atoms with Crippen molar-refractivity contribution < 1.29 is 14.0 Å². The topological polar surface area (TPSA) is 97.4 Å². The van der Waals surface area contributed by atoms with Gasteiger partial charge in [-0.05, 0) is 48.4 Å². The van der Waals surface area contributed by atoms with Gasteiger partial charge in [0.1, 0.15) is 5.76 Å². The molecule has 3 aromatic rings. The number of hydrogen-bond donors (Lipinski definition) is 3. The highest BCUT2D eigenvalue weighted by molar-refractivity contribution is 5.97. The summed E-state index contributed by atoms with van der Waals surface area (Å²) in [7, 11) is 0. The molecule has 0 aliphatic carbocycles. The predicted octanol–water partition coefficient (Wildman–Crippen LogP) is 3.36. The van der Waals surface area contributed by atoms with Gasteiger partial charge in [0.25, 0.3) is 5.91 Å². The molecule has 0 spiro atoms. The largest absolute Gasteiger partial charge is 0.467 e. The summed E-state index contributed by atoms with van der Waals surface area (Å²) in [5, 5.41) is 5.59. The minimum absolute atomic E-state index is 0.133. The summed E-state index contributed by atoms with van der Waals surface area (Å²) in [6.07, 6.45) is 2.42. The molecular weight excluding hydrogens is 342 g/mol. The number of nitrogen functional groups attached to an aromatic ring is 1. The molecule has 2 aromatic carbocycles. The van der Waals surface area contributed by atoms with E-state index in [1.807, 2.05) is 24.3 Å². The van der Waals surface area contributed by atoms with Gasteiger partial charge in [-0.1, -0.05) is 24.3 Å². The molecule has 4 N–H and O–H groups in total. The molecule has 0 saturated heterocycles. The maximum Gasteiger partial charge on any atom is 0.251 e. The van der Waals surface area contributed by atoms with Gasteiger partial charge in [0, 0.05) is 23.4 Å². The van der Waals surface area contributed by atoms with Crippen LogP contribution >= 0.6 is 0 Å². The summed E-state index contributed by atoms with van der Waals surface area (Å²) in [6, 6.07) is 17.9. The lowest BCUT2D eigenvalue weighted by molar-refractivity contribution is -0.116. The van der Waals surface area contributed by atoms with Crippen molar-refractivity contribution in [2.24, 2.45) is 0 Å². The van der Waals surface area contributed by atoms with Gasteiger partial charge in [0.2, 0.25) is 5.91 Å². The summed E-state index contributed by atoms with van der Waals surface area (Å²) < 4.78 is 5.19. The molecule has 0 aliphatic rings. The Bertz CT molecular complexity index is 920. The van der Waals surface area contributed by atoms with Crippen LogP contribution in [0.15, 0.2) is 71.3 Å².